The number of sulfonamides is 1. The molecule has 6 nitrogen and oxygen atoms in total. The average Bonchev–Trinajstić information content (AvgIpc) is 2.61. The van der Waals surface area contributed by atoms with Crippen LogP contribution in [0.1, 0.15) is 47.9 Å². The van der Waals surface area contributed by atoms with E-state index in [9.17, 15) is 18.0 Å². The summed E-state index contributed by atoms with van der Waals surface area (Å²) in [4.78, 5) is 23.5. The van der Waals surface area contributed by atoms with Gasteiger partial charge in [-0.25, -0.2) is 8.42 Å². The van der Waals surface area contributed by atoms with Gasteiger partial charge in [-0.15, -0.1) is 0 Å². The van der Waals surface area contributed by atoms with Gasteiger partial charge in [0.05, 0.1) is 4.90 Å². The zero-order valence-electron chi connectivity index (χ0n) is 15.7. The van der Waals surface area contributed by atoms with Crippen molar-refractivity contribution in [3.05, 3.63) is 59.7 Å². The van der Waals surface area contributed by atoms with Crippen LogP contribution in [0, 0.1) is 5.92 Å². The summed E-state index contributed by atoms with van der Waals surface area (Å²) in [5.41, 5.74) is 1.12. The lowest BCUT2D eigenvalue weighted by atomic mass is 10.1. The van der Waals surface area contributed by atoms with E-state index in [0.717, 1.165) is 6.42 Å². The number of ketones is 1. The Labute approximate surface area is 160 Å². The number of nitrogens with one attached hydrogen (secondary N) is 2. The second-order valence-electron chi connectivity index (χ2n) is 6.71. The number of benzene rings is 2. The Hall–Kier alpha value is -2.67. The van der Waals surface area contributed by atoms with E-state index >= 15 is 0 Å². The zero-order chi connectivity index (χ0) is 20.0. The summed E-state index contributed by atoms with van der Waals surface area (Å²) in [5, 5.41) is 2.81. The Morgan fingerprint density at radius 1 is 1.00 bits per heavy atom. The van der Waals surface area contributed by atoms with E-state index in [1.54, 1.807) is 18.2 Å². The number of hydrogen-bond donors (Lipinski definition) is 2. The second kappa shape index (κ2) is 8.81. The SMILES string of the molecule is CC(=O)c1cccc(NS(=O)(=O)c2ccc(C(=O)NCCC(C)C)cc2)c1. The lowest BCUT2D eigenvalue weighted by Gasteiger charge is -2.10. The zero-order valence-corrected chi connectivity index (χ0v) is 16.5. The Bertz CT molecular complexity index is 919. The Morgan fingerprint density at radius 3 is 2.26 bits per heavy atom. The minimum atomic E-state index is -3.82. The molecular weight excluding hydrogens is 364 g/mol. The van der Waals surface area contributed by atoms with Gasteiger partial charge in [0.25, 0.3) is 15.9 Å². The summed E-state index contributed by atoms with van der Waals surface area (Å²) >= 11 is 0. The molecular formula is C20H24N2O4S. The molecule has 0 saturated carbocycles. The van der Waals surface area contributed by atoms with Crippen LogP contribution in [0.4, 0.5) is 5.69 Å². The maximum Gasteiger partial charge on any atom is 0.261 e. The lowest BCUT2D eigenvalue weighted by Crippen LogP contribution is -2.25. The smallest absolute Gasteiger partial charge is 0.261 e. The van der Waals surface area contributed by atoms with Gasteiger partial charge in [-0.3, -0.25) is 14.3 Å². The molecule has 0 aliphatic rings. The molecule has 0 unspecified atom stereocenters. The molecule has 0 spiro atoms. The molecule has 0 atom stereocenters. The first kappa shape index (κ1) is 20.6. The maximum atomic E-state index is 12.5. The largest absolute Gasteiger partial charge is 0.352 e. The molecule has 2 aromatic rings. The molecule has 27 heavy (non-hydrogen) atoms. The molecule has 0 bridgehead atoms. The van der Waals surface area contributed by atoms with Crippen LogP contribution in [-0.2, 0) is 10.0 Å². The van der Waals surface area contributed by atoms with Crippen LogP contribution in [0.2, 0.25) is 0 Å². The summed E-state index contributed by atoms with van der Waals surface area (Å²) < 4.78 is 27.5. The van der Waals surface area contributed by atoms with E-state index in [1.165, 1.54) is 37.3 Å². The maximum absolute atomic E-state index is 12.5. The number of hydrogen-bond acceptors (Lipinski definition) is 4. The van der Waals surface area contributed by atoms with Crippen molar-refractivity contribution in [2.24, 2.45) is 5.92 Å². The van der Waals surface area contributed by atoms with Crippen molar-refractivity contribution in [3.63, 3.8) is 0 Å². The van der Waals surface area contributed by atoms with Crippen LogP contribution >= 0.6 is 0 Å². The van der Waals surface area contributed by atoms with Crippen molar-refractivity contribution in [3.8, 4) is 0 Å². The van der Waals surface area contributed by atoms with Gasteiger partial charge in [0, 0.05) is 23.4 Å². The molecule has 0 aliphatic carbocycles. The monoisotopic (exact) mass is 388 g/mol. The Balaban J connectivity index is 2.09. The lowest BCUT2D eigenvalue weighted by molar-refractivity contribution is 0.0951. The fraction of sp³-hybridized carbons (Fsp3) is 0.300. The third-order valence-electron chi connectivity index (χ3n) is 3.96. The predicted molar refractivity (Wildman–Crippen MR) is 105 cm³/mol. The Kier molecular flexibility index (Phi) is 6.74. The molecule has 2 aromatic carbocycles. The van der Waals surface area contributed by atoms with Gasteiger partial charge in [-0.2, -0.15) is 0 Å². The molecule has 0 heterocycles. The second-order valence-corrected chi connectivity index (χ2v) is 8.39. The van der Waals surface area contributed by atoms with Gasteiger partial charge in [0.1, 0.15) is 0 Å². The van der Waals surface area contributed by atoms with E-state index in [-0.39, 0.29) is 16.6 Å². The standard InChI is InChI=1S/C20H24N2O4S/c1-14(2)11-12-21-20(24)16-7-9-19(10-8-16)27(25,26)22-18-6-4-5-17(13-18)15(3)23/h4-10,13-14,22H,11-12H2,1-3H3,(H,21,24). The number of rotatable bonds is 8. The third kappa shape index (κ3) is 5.92. The highest BCUT2D eigenvalue weighted by molar-refractivity contribution is 7.92. The van der Waals surface area contributed by atoms with Crippen LogP contribution in [-0.4, -0.2) is 26.7 Å². The number of amides is 1. The number of carbonyl (C=O) groups excluding carboxylic acids is 2. The van der Waals surface area contributed by atoms with Gasteiger partial charge >= 0.3 is 0 Å². The first-order valence-electron chi connectivity index (χ1n) is 8.71. The molecule has 7 heteroatoms. The minimum Gasteiger partial charge on any atom is -0.352 e. The van der Waals surface area contributed by atoms with Gasteiger partial charge < -0.3 is 5.32 Å². The first-order chi connectivity index (χ1) is 12.7. The van der Waals surface area contributed by atoms with Crippen molar-refractivity contribution >= 4 is 27.4 Å². The summed E-state index contributed by atoms with van der Waals surface area (Å²) in [5.74, 6) is 0.107. The van der Waals surface area contributed by atoms with Crippen molar-refractivity contribution < 1.29 is 18.0 Å². The van der Waals surface area contributed by atoms with E-state index in [0.29, 0.717) is 29.3 Å². The highest BCUT2D eigenvalue weighted by atomic mass is 32.2. The molecule has 0 aliphatic heterocycles. The normalized spacial score (nSPS) is 11.3. The molecule has 0 saturated heterocycles. The number of anilines is 1. The molecule has 1 amide bonds. The first-order valence-corrected chi connectivity index (χ1v) is 10.2. The van der Waals surface area contributed by atoms with Crippen molar-refractivity contribution in [1.82, 2.24) is 5.32 Å². The van der Waals surface area contributed by atoms with Crippen LogP contribution in [0.25, 0.3) is 0 Å². The van der Waals surface area contributed by atoms with Gasteiger partial charge in [0.2, 0.25) is 0 Å². The highest BCUT2D eigenvalue weighted by Crippen LogP contribution is 2.18. The van der Waals surface area contributed by atoms with Gasteiger partial charge in [0.15, 0.2) is 5.78 Å². The van der Waals surface area contributed by atoms with Crippen LogP contribution in [0.3, 0.4) is 0 Å². The predicted octanol–water partition coefficient (Wildman–Crippen LogP) is 3.47. The minimum absolute atomic E-state index is 0.0365. The van der Waals surface area contributed by atoms with E-state index < -0.39 is 10.0 Å². The summed E-state index contributed by atoms with van der Waals surface area (Å²) in [6.07, 6.45) is 0.876. The van der Waals surface area contributed by atoms with Gasteiger partial charge in [-0.1, -0.05) is 26.0 Å². The molecule has 2 N–H and O–H groups in total. The fourth-order valence-corrected chi connectivity index (χ4v) is 3.43. The summed E-state index contributed by atoms with van der Waals surface area (Å²) in [6.45, 7) is 6.14. The third-order valence-corrected chi connectivity index (χ3v) is 5.35. The topological polar surface area (TPSA) is 92.3 Å². The van der Waals surface area contributed by atoms with Crippen LogP contribution < -0.4 is 10.0 Å². The number of carbonyl (C=O) groups is 2. The average molecular weight is 388 g/mol. The molecule has 2 rings (SSSR count). The molecule has 0 radical (unpaired) electrons. The van der Waals surface area contributed by atoms with E-state index in [1.807, 2.05) is 0 Å². The van der Waals surface area contributed by atoms with Crippen LogP contribution in [0.15, 0.2) is 53.4 Å². The molecule has 0 fully saturated rings. The van der Waals surface area contributed by atoms with E-state index in [4.69, 9.17) is 0 Å². The number of Topliss-reactive ketones (excluding diaryl/α,β-unsaturated/α-hetero) is 1. The summed E-state index contributed by atoms with van der Waals surface area (Å²) in [6, 6.07) is 12.0. The van der Waals surface area contributed by atoms with E-state index in [2.05, 4.69) is 23.9 Å². The quantitative estimate of drug-likeness (QED) is 0.677. The van der Waals surface area contributed by atoms with Crippen molar-refractivity contribution in [2.45, 2.75) is 32.1 Å². The summed E-state index contributed by atoms with van der Waals surface area (Å²) in [7, 11) is -3.82. The molecule has 0 aromatic heterocycles. The molecule has 144 valence electrons. The van der Waals surface area contributed by atoms with Crippen molar-refractivity contribution in [1.29, 1.82) is 0 Å². The highest BCUT2D eigenvalue weighted by Gasteiger charge is 2.16. The fourth-order valence-electron chi connectivity index (χ4n) is 2.38. The Morgan fingerprint density at radius 2 is 1.67 bits per heavy atom. The van der Waals surface area contributed by atoms with Crippen molar-refractivity contribution in [2.75, 3.05) is 11.3 Å². The van der Waals surface area contributed by atoms with Crippen LogP contribution in [0.5, 0.6) is 0 Å². The van der Waals surface area contributed by atoms with Gasteiger partial charge in [-0.05, 0) is 55.7 Å².